The Morgan fingerprint density at radius 3 is 3.08 bits per heavy atom. The number of hydrogen-bond donors (Lipinski definition) is 2. The Balaban J connectivity index is 1.70. The highest BCUT2D eigenvalue weighted by Crippen LogP contribution is 2.28. The fraction of sp³-hybridized carbons (Fsp3) is 0.267. The minimum Gasteiger partial charge on any atom is -0.313 e. The number of sulfonamides is 1. The molecule has 4 rings (SSSR count). The molecule has 0 radical (unpaired) electrons. The SMILES string of the molecule is O=S(=O)(Nc1ccc2c(c1)CNCCC2)c1c(Cl)nc2sccn12. The van der Waals surface area contributed by atoms with Crippen molar-refractivity contribution in [2.75, 3.05) is 11.3 Å². The van der Waals surface area contributed by atoms with Crippen molar-refractivity contribution in [2.24, 2.45) is 0 Å². The quantitative estimate of drug-likeness (QED) is 0.730. The maximum atomic E-state index is 12.8. The van der Waals surface area contributed by atoms with Gasteiger partial charge in [0.05, 0.1) is 0 Å². The van der Waals surface area contributed by atoms with E-state index in [1.54, 1.807) is 17.6 Å². The summed E-state index contributed by atoms with van der Waals surface area (Å²) in [5.41, 5.74) is 2.90. The van der Waals surface area contributed by atoms with Crippen molar-refractivity contribution in [3.63, 3.8) is 0 Å². The van der Waals surface area contributed by atoms with Crippen LogP contribution in [0.3, 0.4) is 0 Å². The van der Waals surface area contributed by atoms with Crippen molar-refractivity contribution in [1.82, 2.24) is 14.7 Å². The number of rotatable bonds is 3. The van der Waals surface area contributed by atoms with Gasteiger partial charge in [0.2, 0.25) is 0 Å². The van der Waals surface area contributed by atoms with Crippen molar-refractivity contribution in [2.45, 2.75) is 24.4 Å². The molecule has 0 atom stereocenters. The number of aryl methyl sites for hydroxylation is 1. The first kappa shape index (κ1) is 15.9. The zero-order valence-electron chi connectivity index (χ0n) is 12.6. The highest BCUT2D eigenvalue weighted by Gasteiger charge is 2.25. The van der Waals surface area contributed by atoms with Gasteiger partial charge in [-0.25, -0.2) is 4.98 Å². The number of imidazole rings is 1. The molecule has 6 nitrogen and oxygen atoms in total. The van der Waals surface area contributed by atoms with Crippen LogP contribution in [0, 0.1) is 0 Å². The topological polar surface area (TPSA) is 75.5 Å². The molecule has 3 aromatic rings. The average molecular weight is 383 g/mol. The summed E-state index contributed by atoms with van der Waals surface area (Å²) in [4.78, 5) is 4.63. The lowest BCUT2D eigenvalue weighted by Crippen LogP contribution is -2.16. The first-order valence-electron chi connectivity index (χ1n) is 7.51. The molecule has 1 aliphatic rings. The van der Waals surface area contributed by atoms with E-state index in [-0.39, 0.29) is 10.2 Å². The molecule has 126 valence electrons. The van der Waals surface area contributed by atoms with Crippen LogP contribution in [0.1, 0.15) is 17.5 Å². The van der Waals surface area contributed by atoms with Crippen LogP contribution >= 0.6 is 22.9 Å². The van der Waals surface area contributed by atoms with Crippen LogP contribution in [0.5, 0.6) is 0 Å². The smallest absolute Gasteiger partial charge is 0.281 e. The number of fused-ring (bicyclic) bond motifs is 2. The van der Waals surface area contributed by atoms with E-state index in [2.05, 4.69) is 15.0 Å². The van der Waals surface area contributed by atoms with Crippen LogP contribution in [-0.2, 0) is 23.0 Å². The van der Waals surface area contributed by atoms with Gasteiger partial charge in [-0.2, -0.15) is 8.42 Å². The molecule has 0 amide bonds. The number of aromatic nitrogens is 2. The molecule has 0 saturated carbocycles. The lowest BCUT2D eigenvalue weighted by atomic mass is 10.0. The van der Waals surface area contributed by atoms with Gasteiger partial charge < -0.3 is 5.32 Å². The minimum atomic E-state index is -3.83. The van der Waals surface area contributed by atoms with Crippen molar-refractivity contribution in [3.8, 4) is 0 Å². The third-order valence-electron chi connectivity index (χ3n) is 4.01. The van der Waals surface area contributed by atoms with Crippen LogP contribution in [0.2, 0.25) is 5.15 Å². The van der Waals surface area contributed by atoms with E-state index in [0.717, 1.165) is 31.5 Å². The molecule has 0 fully saturated rings. The Bertz CT molecular complexity index is 1010. The fourth-order valence-electron chi connectivity index (χ4n) is 2.91. The van der Waals surface area contributed by atoms with Gasteiger partial charge in [0.15, 0.2) is 15.1 Å². The summed E-state index contributed by atoms with van der Waals surface area (Å²) in [6.07, 6.45) is 3.73. The van der Waals surface area contributed by atoms with Gasteiger partial charge >= 0.3 is 0 Å². The second-order valence-corrected chi connectivity index (χ2v) is 8.46. The molecule has 9 heteroatoms. The van der Waals surface area contributed by atoms with Crippen molar-refractivity contribution < 1.29 is 8.42 Å². The van der Waals surface area contributed by atoms with Gasteiger partial charge in [0, 0.05) is 23.8 Å². The normalized spacial score (nSPS) is 15.2. The number of nitrogens with zero attached hydrogens (tertiary/aromatic N) is 2. The first-order chi connectivity index (χ1) is 11.5. The molecule has 0 saturated heterocycles. The Morgan fingerprint density at radius 1 is 1.33 bits per heavy atom. The number of halogens is 1. The lowest BCUT2D eigenvalue weighted by molar-refractivity contribution is 0.596. The van der Waals surface area contributed by atoms with Gasteiger partial charge in [-0.3, -0.25) is 9.12 Å². The molecule has 1 aliphatic heterocycles. The fourth-order valence-corrected chi connectivity index (χ4v) is 5.41. The molecule has 3 heterocycles. The molecule has 24 heavy (non-hydrogen) atoms. The zero-order chi connectivity index (χ0) is 16.7. The summed E-state index contributed by atoms with van der Waals surface area (Å²) < 4.78 is 29.6. The molecule has 2 N–H and O–H groups in total. The Labute approximate surface area is 148 Å². The van der Waals surface area contributed by atoms with E-state index in [4.69, 9.17) is 11.6 Å². The highest BCUT2D eigenvalue weighted by molar-refractivity contribution is 7.92. The number of anilines is 1. The van der Waals surface area contributed by atoms with E-state index in [9.17, 15) is 8.42 Å². The summed E-state index contributed by atoms with van der Waals surface area (Å²) >= 11 is 7.37. The predicted octanol–water partition coefficient (Wildman–Crippen LogP) is 2.89. The molecular formula is C15H15ClN4O2S2. The molecule has 2 aromatic heterocycles. The van der Waals surface area contributed by atoms with Crippen molar-refractivity contribution >= 4 is 43.6 Å². The maximum Gasteiger partial charge on any atom is 0.281 e. The average Bonchev–Trinajstić information content (AvgIpc) is 2.99. The number of nitrogens with one attached hydrogen (secondary N) is 2. The largest absolute Gasteiger partial charge is 0.313 e. The second kappa shape index (κ2) is 6.03. The number of thiazole rings is 1. The molecule has 0 spiro atoms. The maximum absolute atomic E-state index is 12.8. The monoisotopic (exact) mass is 382 g/mol. The number of hydrogen-bond acceptors (Lipinski definition) is 5. The van der Waals surface area contributed by atoms with Crippen molar-refractivity contribution in [3.05, 3.63) is 46.1 Å². The molecule has 1 aromatic carbocycles. The highest BCUT2D eigenvalue weighted by atomic mass is 35.5. The summed E-state index contributed by atoms with van der Waals surface area (Å²) in [7, 11) is -3.83. The van der Waals surface area contributed by atoms with E-state index in [1.165, 1.54) is 21.3 Å². The Kier molecular flexibility index (Phi) is 4.00. The molecule has 0 bridgehead atoms. The Hall–Kier alpha value is -1.61. The predicted molar refractivity (Wildman–Crippen MR) is 95.4 cm³/mol. The minimum absolute atomic E-state index is 0.0224. The van der Waals surface area contributed by atoms with Gasteiger partial charge in [0.25, 0.3) is 10.0 Å². The number of benzene rings is 1. The van der Waals surface area contributed by atoms with Crippen LogP contribution in [0.4, 0.5) is 5.69 Å². The van der Waals surface area contributed by atoms with Crippen LogP contribution in [0.15, 0.2) is 34.8 Å². The van der Waals surface area contributed by atoms with Gasteiger partial charge in [0.1, 0.15) is 0 Å². The van der Waals surface area contributed by atoms with Gasteiger partial charge in [-0.15, -0.1) is 11.3 Å². The Morgan fingerprint density at radius 2 is 2.21 bits per heavy atom. The lowest BCUT2D eigenvalue weighted by Gasteiger charge is -2.11. The summed E-state index contributed by atoms with van der Waals surface area (Å²) in [6, 6.07) is 5.66. The first-order valence-corrected chi connectivity index (χ1v) is 10.2. The molecule has 0 unspecified atom stereocenters. The van der Waals surface area contributed by atoms with Gasteiger partial charge in [-0.05, 0) is 42.6 Å². The van der Waals surface area contributed by atoms with E-state index >= 15 is 0 Å². The summed E-state index contributed by atoms with van der Waals surface area (Å²) in [5, 5.41) is 5.05. The third kappa shape index (κ3) is 2.79. The summed E-state index contributed by atoms with van der Waals surface area (Å²) in [6.45, 7) is 1.71. The standard InChI is InChI=1S/C15H15ClN4O2S2/c16-13-14(20-6-7-23-15(20)18-13)24(21,22)19-12-4-3-10-2-1-5-17-9-11(10)8-12/h3-4,6-8,17,19H,1-2,5,9H2. The molecule has 0 aliphatic carbocycles. The van der Waals surface area contributed by atoms with E-state index < -0.39 is 10.0 Å². The van der Waals surface area contributed by atoms with Crippen molar-refractivity contribution in [1.29, 1.82) is 0 Å². The van der Waals surface area contributed by atoms with Gasteiger partial charge in [-0.1, -0.05) is 17.7 Å². The van der Waals surface area contributed by atoms with Crippen LogP contribution in [0.25, 0.3) is 4.96 Å². The second-order valence-electron chi connectivity index (χ2n) is 5.63. The molecular weight excluding hydrogens is 368 g/mol. The van der Waals surface area contributed by atoms with Crippen LogP contribution in [-0.4, -0.2) is 24.3 Å². The third-order valence-corrected chi connectivity index (χ3v) is 6.54. The zero-order valence-corrected chi connectivity index (χ0v) is 15.0. The van der Waals surface area contributed by atoms with E-state index in [0.29, 0.717) is 10.6 Å². The van der Waals surface area contributed by atoms with Crippen LogP contribution < -0.4 is 10.0 Å². The summed E-state index contributed by atoms with van der Waals surface area (Å²) in [5.74, 6) is 0. The van der Waals surface area contributed by atoms with E-state index in [1.807, 2.05) is 12.1 Å².